The van der Waals surface area contributed by atoms with Crippen LogP contribution >= 0.6 is 0 Å². The number of nitriles is 1. The third kappa shape index (κ3) is 2.56. The highest BCUT2D eigenvalue weighted by Crippen LogP contribution is 2.59. The molecule has 0 heterocycles. The summed E-state index contributed by atoms with van der Waals surface area (Å²) in [6, 6.07) is 8.47. The average molecular weight is 323 g/mol. The van der Waals surface area contributed by atoms with Gasteiger partial charge in [-0.25, -0.2) is 0 Å². The summed E-state index contributed by atoms with van der Waals surface area (Å²) in [5.41, 5.74) is 5.70. The minimum atomic E-state index is -0.384. The van der Waals surface area contributed by atoms with Gasteiger partial charge in [0, 0.05) is 5.56 Å². The highest BCUT2D eigenvalue weighted by Gasteiger charge is 2.54. The second kappa shape index (κ2) is 5.62. The first-order valence-corrected chi connectivity index (χ1v) is 8.69. The van der Waals surface area contributed by atoms with E-state index in [9.17, 15) is 9.59 Å². The molecule has 4 aliphatic rings. The molecule has 124 valence electrons. The molecule has 1 aromatic rings. The van der Waals surface area contributed by atoms with Gasteiger partial charge >= 0.3 is 0 Å². The summed E-state index contributed by atoms with van der Waals surface area (Å²) in [6.45, 7) is 0. The highest BCUT2D eigenvalue weighted by molar-refractivity contribution is 5.96. The van der Waals surface area contributed by atoms with E-state index in [1.807, 2.05) is 6.07 Å². The van der Waals surface area contributed by atoms with Crippen LogP contribution in [0.1, 0.15) is 54.4 Å². The van der Waals surface area contributed by atoms with Crippen LogP contribution in [0.2, 0.25) is 0 Å². The number of hydrogen-bond donors (Lipinski definition) is 2. The molecule has 4 bridgehead atoms. The Labute approximate surface area is 141 Å². The summed E-state index contributed by atoms with van der Waals surface area (Å²) in [6.07, 6.45) is 6.72. The summed E-state index contributed by atoms with van der Waals surface area (Å²) < 4.78 is 0. The van der Waals surface area contributed by atoms with Crippen LogP contribution in [0.25, 0.3) is 0 Å². The van der Waals surface area contributed by atoms with Gasteiger partial charge in [0.25, 0.3) is 5.91 Å². The molecule has 5 nitrogen and oxygen atoms in total. The average Bonchev–Trinajstić information content (AvgIpc) is 2.58. The fraction of sp³-hybridized carbons (Fsp3) is 0.526. The van der Waals surface area contributed by atoms with E-state index >= 15 is 0 Å². The van der Waals surface area contributed by atoms with E-state index in [2.05, 4.69) is 10.9 Å². The first kappa shape index (κ1) is 15.2. The lowest BCUT2D eigenvalue weighted by Crippen LogP contribution is -2.56. The topological polar surface area (TPSA) is 82.0 Å². The molecule has 4 fully saturated rings. The first-order valence-electron chi connectivity index (χ1n) is 8.69. The number of nitrogens with one attached hydrogen (secondary N) is 2. The second-order valence-electron chi connectivity index (χ2n) is 7.80. The number of hydrazine groups is 1. The van der Waals surface area contributed by atoms with E-state index in [0.717, 1.165) is 19.3 Å². The van der Waals surface area contributed by atoms with Gasteiger partial charge in [0.15, 0.2) is 0 Å². The minimum Gasteiger partial charge on any atom is -0.273 e. The number of benzene rings is 1. The van der Waals surface area contributed by atoms with Crippen molar-refractivity contribution in [1.82, 2.24) is 10.9 Å². The van der Waals surface area contributed by atoms with Gasteiger partial charge in [-0.05, 0) is 74.5 Å². The lowest BCUT2D eigenvalue weighted by atomic mass is 9.49. The van der Waals surface area contributed by atoms with Crippen molar-refractivity contribution in [3.63, 3.8) is 0 Å². The van der Waals surface area contributed by atoms with Crippen LogP contribution in [-0.4, -0.2) is 11.8 Å². The van der Waals surface area contributed by atoms with Gasteiger partial charge in [0.2, 0.25) is 5.91 Å². The molecule has 4 aliphatic carbocycles. The molecule has 2 amide bonds. The maximum absolute atomic E-state index is 12.8. The van der Waals surface area contributed by atoms with Crippen molar-refractivity contribution in [3.8, 4) is 6.07 Å². The quantitative estimate of drug-likeness (QED) is 0.821. The van der Waals surface area contributed by atoms with Gasteiger partial charge in [-0.15, -0.1) is 0 Å². The smallest absolute Gasteiger partial charge is 0.269 e. The Morgan fingerprint density at radius 2 is 1.67 bits per heavy atom. The first-order chi connectivity index (χ1) is 11.6. The zero-order valence-corrected chi connectivity index (χ0v) is 13.5. The zero-order chi connectivity index (χ0) is 16.7. The molecule has 0 atom stereocenters. The van der Waals surface area contributed by atoms with Gasteiger partial charge in [0.05, 0.1) is 17.0 Å². The normalized spacial score (nSPS) is 32.9. The standard InChI is InChI=1S/C19H21N3O2/c20-11-12-2-1-3-16(7-12)17(23)21-22-18(24)19-8-13-4-14(9-19)6-15(5-13)10-19/h1-3,7,13-15H,4-6,8-10H2,(H,21,23)(H,22,24). The summed E-state index contributed by atoms with van der Waals surface area (Å²) >= 11 is 0. The van der Waals surface area contributed by atoms with Crippen LogP contribution < -0.4 is 10.9 Å². The van der Waals surface area contributed by atoms with Gasteiger partial charge in [-0.3, -0.25) is 20.4 Å². The van der Waals surface area contributed by atoms with Crippen molar-refractivity contribution in [3.05, 3.63) is 35.4 Å². The van der Waals surface area contributed by atoms with Crippen LogP contribution in [0.3, 0.4) is 0 Å². The molecule has 0 saturated heterocycles. The van der Waals surface area contributed by atoms with Crippen LogP contribution in [0, 0.1) is 34.5 Å². The van der Waals surface area contributed by atoms with Gasteiger partial charge < -0.3 is 0 Å². The fourth-order valence-corrected chi connectivity index (χ4v) is 5.44. The van der Waals surface area contributed by atoms with E-state index in [4.69, 9.17) is 5.26 Å². The second-order valence-corrected chi connectivity index (χ2v) is 7.80. The molecule has 0 aromatic heterocycles. The molecule has 1 aromatic carbocycles. The van der Waals surface area contributed by atoms with E-state index in [1.54, 1.807) is 18.2 Å². The number of nitrogens with zero attached hydrogens (tertiary/aromatic N) is 1. The molecular formula is C19H21N3O2. The van der Waals surface area contributed by atoms with Crippen molar-refractivity contribution < 1.29 is 9.59 Å². The molecule has 24 heavy (non-hydrogen) atoms. The van der Waals surface area contributed by atoms with E-state index in [1.165, 1.54) is 25.3 Å². The molecule has 0 unspecified atom stereocenters. The molecule has 5 heteroatoms. The van der Waals surface area contributed by atoms with Crippen molar-refractivity contribution in [1.29, 1.82) is 5.26 Å². The predicted molar refractivity (Wildman–Crippen MR) is 87.4 cm³/mol. The monoisotopic (exact) mass is 323 g/mol. The van der Waals surface area contributed by atoms with Crippen LogP contribution in [0.4, 0.5) is 0 Å². The van der Waals surface area contributed by atoms with E-state index in [-0.39, 0.29) is 17.2 Å². The third-order valence-electron chi connectivity index (χ3n) is 6.06. The number of rotatable bonds is 2. The summed E-state index contributed by atoms with van der Waals surface area (Å²) in [7, 11) is 0. The lowest BCUT2D eigenvalue weighted by molar-refractivity contribution is -0.147. The van der Waals surface area contributed by atoms with Gasteiger partial charge in [-0.2, -0.15) is 5.26 Å². The van der Waals surface area contributed by atoms with Crippen LogP contribution in [0.5, 0.6) is 0 Å². The number of carbonyl (C=O) groups excluding carboxylic acids is 2. The Balaban J connectivity index is 1.42. The van der Waals surface area contributed by atoms with Crippen molar-refractivity contribution in [2.75, 3.05) is 0 Å². The van der Waals surface area contributed by atoms with Crippen LogP contribution in [0.15, 0.2) is 24.3 Å². The van der Waals surface area contributed by atoms with Gasteiger partial charge in [0.1, 0.15) is 0 Å². The molecular weight excluding hydrogens is 302 g/mol. The van der Waals surface area contributed by atoms with Crippen molar-refractivity contribution in [2.45, 2.75) is 38.5 Å². The summed E-state index contributed by atoms with van der Waals surface area (Å²) in [5, 5.41) is 8.91. The summed E-state index contributed by atoms with van der Waals surface area (Å²) in [4.78, 5) is 25.0. The molecule has 0 radical (unpaired) electrons. The Bertz CT molecular complexity index is 699. The fourth-order valence-electron chi connectivity index (χ4n) is 5.44. The lowest BCUT2D eigenvalue weighted by Gasteiger charge is -2.55. The Morgan fingerprint density at radius 1 is 1.04 bits per heavy atom. The largest absolute Gasteiger partial charge is 0.273 e. The number of hydrogen-bond acceptors (Lipinski definition) is 3. The zero-order valence-electron chi connectivity index (χ0n) is 13.5. The Hall–Kier alpha value is -2.35. The van der Waals surface area contributed by atoms with Crippen molar-refractivity contribution >= 4 is 11.8 Å². The Morgan fingerprint density at radius 3 is 2.25 bits per heavy atom. The summed E-state index contributed by atoms with van der Waals surface area (Å²) in [5.74, 6) is 1.64. The SMILES string of the molecule is N#Cc1cccc(C(=O)NNC(=O)C23CC4CC(CC(C4)C2)C3)c1. The van der Waals surface area contributed by atoms with Crippen LogP contribution in [-0.2, 0) is 4.79 Å². The molecule has 2 N–H and O–H groups in total. The number of carbonyl (C=O) groups is 2. The van der Waals surface area contributed by atoms with E-state index in [0.29, 0.717) is 28.9 Å². The maximum Gasteiger partial charge on any atom is 0.269 e. The number of amides is 2. The maximum atomic E-state index is 12.8. The third-order valence-corrected chi connectivity index (χ3v) is 6.06. The molecule has 5 rings (SSSR count). The molecule has 0 aliphatic heterocycles. The van der Waals surface area contributed by atoms with Crippen molar-refractivity contribution in [2.24, 2.45) is 23.2 Å². The molecule has 0 spiro atoms. The highest BCUT2D eigenvalue weighted by atomic mass is 16.2. The van der Waals surface area contributed by atoms with Gasteiger partial charge in [-0.1, -0.05) is 6.07 Å². The Kier molecular flexibility index (Phi) is 3.56. The minimum absolute atomic E-state index is 0.0358. The predicted octanol–water partition coefficient (Wildman–Crippen LogP) is 2.54. The van der Waals surface area contributed by atoms with E-state index < -0.39 is 0 Å². The molecule has 4 saturated carbocycles.